The van der Waals surface area contributed by atoms with Gasteiger partial charge in [0.15, 0.2) is 0 Å². The molecule has 0 aliphatic carbocycles. The van der Waals surface area contributed by atoms with Gasteiger partial charge < -0.3 is 15.2 Å². The third-order valence-corrected chi connectivity index (χ3v) is 2.95. The number of carbonyl (C=O) groups is 1. The minimum Gasteiger partial charge on any atom is -0.445 e. The molecule has 110 valence electrons. The monoisotopic (exact) mass is 277 g/mol. The lowest BCUT2D eigenvalue weighted by Gasteiger charge is -2.16. The van der Waals surface area contributed by atoms with Gasteiger partial charge in [-0.3, -0.25) is 0 Å². The van der Waals surface area contributed by atoms with Crippen LogP contribution in [0.5, 0.6) is 0 Å². The largest absolute Gasteiger partial charge is 0.445 e. The van der Waals surface area contributed by atoms with Crippen LogP contribution < -0.4 is 5.32 Å². The van der Waals surface area contributed by atoms with E-state index in [0.717, 1.165) is 24.8 Å². The van der Waals surface area contributed by atoms with Crippen LogP contribution in [0.2, 0.25) is 0 Å². The lowest BCUT2D eigenvalue weighted by atomic mass is 10.1. The van der Waals surface area contributed by atoms with E-state index in [4.69, 9.17) is 9.84 Å². The van der Waals surface area contributed by atoms with E-state index in [1.165, 1.54) is 0 Å². The molecule has 1 amide bonds. The number of aliphatic hydroxyl groups excluding tert-OH is 1. The Kier molecular flexibility index (Phi) is 8.15. The Morgan fingerprint density at radius 3 is 2.75 bits per heavy atom. The summed E-state index contributed by atoms with van der Waals surface area (Å²) in [4.78, 5) is 11.7. The van der Waals surface area contributed by atoms with Gasteiger partial charge in [-0.2, -0.15) is 0 Å². The van der Waals surface area contributed by atoms with Crippen LogP contribution in [0.3, 0.4) is 0 Å². The molecule has 4 heteroatoms. The summed E-state index contributed by atoms with van der Waals surface area (Å²) in [7, 11) is 0. The normalized spacial score (nSPS) is 11.7. The van der Waals surface area contributed by atoms with Crippen LogP contribution >= 0.6 is 0 Å². The zero-order valence-corrected chi connectivity index (χ0v) is 11.8. The van der Waals surface area contributed by atoms with E-state index in [-0.39, 0.29) is 19.3 Å². The van der Waals surface area contributed by atoms with Crippen molar-refractivity contribution in [3.63, 3.8) is 0 Å². The fourth-order valence-corrected chi connectivity index (χ4v) is 1.88. The summed E-state index contributed by atoms with van der Waals surface area (Å²) in [5.41, 5.74) is 0.961. The van der Waals surface area contributed by atoms with Crippen molar-refractivity contribution in [1.82, 2.24) is 5.32 Å². The van der Waals surface area contributed by atoms with Crippen LogP contribution in [0.15, 0.2) is 43.0 Å². The van der Waals surface area contributed by atoms with Gasteiger partial charge in [0, 0.05) is 12.6 Å². The Hall–Kier alpha value is -1.81. The minimum absolute atomic E-state index is 0.0160. The van der Waals surface area contributed by atoms with Crippen molar-refractivity contribution >= 4 is 6.09 Å². The molecular weight excluding hydrogens is 254 g/mol. The molecule has 4 nitrogen and oxygen atoms in total. The molecule has 0 heterocycles. The first kappa shape index (κ1) is 16.2. The summed E-state index contributed by atoms with van der Waals surface area (Å²) in [6.45, 7) is 4.14. The molecule has 0 fully saturated rings. The number of ether oxygens (including phenoxy) is 1. The van der Waals surface area contributed by atoms with Crippen LogP contribution in [-0.4, -0.2) is 23.8 Å². The predicted molar refractivity (Wildman–Crippen MR) is 79.3 cm³/mol. The Balaban J connectivity index is 2.31. The third kappa shape index (κ3) is 6.95. The van der Waals surface area contributed by atoms with Crippen molar-refractivity contribution in [2.75, 3.05) is 6.61 Å². The molecule has 0 aromatic heterocycles. The first-order chi connectivity index (χ1) is 9.76. The zero-order chi connectivity index (χ0) is 14.6. The second kappa shape index (κ2) is 10.0. The smallest absolute Gasteiger partial charge is 0.407 e. The van der Waals surface area contributed by atoms with E-state index in [0.29, 0.717) is 6.42 Å². The molecule has 0 spiro atoms. The van der Waals surface area contributed by atoms with Gasteiger partial charge in [-0.25, -0.2) is 4.79 Å². The number of benzene rings is 1. The van der Waals surface area contributed by atoms with Gasteiger partial charge in [0.2, 0.25) is 0 Å². The average Bonchev–Trinajstić information content (AvgIpc) is 2.47. The van der Waals surface area contributed by atoms with Gasteiger partial charge in [-0.1, -0.05) is 36.4 Å². The van der Waals surface area contributed by atoms with Crippen LogP contribution in [0.4, 0.5) is 4.79 Å². The summed E-state index contributed by atoms with van der Waals surface area (Å²) in [6, 6.07) is 9.58. The number of hydrogen-bond donors (Lipinski definition) is 2. The Bertz CT molecular complexity index is 392. The fourth-order valence-electron chi connectivity index (χ4n) is 1.88. The number of amides is 1. The first-order valence-electron chi connectivity index (χ1n) is 6.95. The molecule has 20 heavy (non-hydrogen) atoms. The first-order valence-corrected chi connectivity index (χ1v) is 6.95. The van der Waals surface area contributed by atoms with E-state index in [1.54, 1.807) is 6.08 Å². The Morgan fingerprint density at radius 1 is 1.35 bits per heavy atom. The number of nitrogens with one attached hydrogen (secondary N) is 1. The SMILES string of the molecule is C=CC[C@H](CCCCO)NC(=O)OCc1ccccc1. The maximum Gasteiger partial charge on any atom is 0.407 e. The van der Waals surface area contributed by atoms with Crippen LogP contribution in [0.1, 0.15) is 31.2 Å². The van der Waals surface area contributed by atoms with Gasteiger partial charge >= 0.3 is 6.09 Å². The Morgan fingerprint density at radius 2 is 2.10 bits per heavy atom. The molecule has 2 N–H and O–H groups in total. The summed E-state index contributed by atoms with van der Waals surface area (Å²) in [5.74, 6) is 0. The van der Waals surface area contributed by atoms with Gasteiger partial charge in [-0.15, -0.1) is 6.58 Å². The standard InChI is InChI=1S/C16H23NO3/c1-2-8-15(11-6-7-12-18)17-16(19)20-13-14-9-4-3-5-10-14/h2-5,9-10,15,18H,1,6-8,11-13H2,(H,17,19)/t15-/m1/s1. The van der Waals surface area contributed by atoms with Crippen molar-refractivity contribution in [2.45, 2.75) is 38.3 Å². The zero-order valence-electron chi connectivity index (χ0n) is 11.8. The second-order valence-corrected chi connectivity index (χ2v) is 4.65. The predicted octanol–water partition coefficient (Wildman–Crippen LogP) is 3.02. The highest BCUT2D eigenvalue weighted by Crippen LogP contribution is 2.06. The second-order valence-electron chi connectivity index (χ2n) is 4.65. The number of aliphatic hydroxyl groups is 1. The van der Waals surface area contributed by atoms with Gasteiger partial charge in [0.05, 0.1) is 0 Å². The lowest BCUT2D eigenvalue weighted by Crippen LogP contribution is -2.34. The van der Waals surface area contributed by atoms with Crippen LogP contribution in [0, 0.1) is 0 Å². The summed E-state index contributed by atoms with van der Waals surface area (Å²) in [5, 5.41) is 11.6. The van der Waals surface area contributed by atoms with E-state index < -0.39 is 6.09 Å². The highest BCUT2D eigenvalue weighted by Gasteiger charge is 2.11. The number of unbranched alkanes of at least 4 members (excludes halogenated alkanes) is 1. The van der Waals surface area contributed by atoms with Crippen molar-refractivity contribution < 1.29 is 14.6 Å². The molecule has 0 bridgehead atoms. The van der Waals surface area contributed by atoms with Crippen LogP contribution in [0.25, 0.3) is 0 Å². The van der Waals surface area contributed by atoms with Crippen molar-refractivity contribution in [1.29, 1.82) is 0 Å². The highest BCUT2D eigenvalue weighted by molar-refractivity contribution is 5.67. The number of carbonyl (C=O) groups excluding carboxylic acids is 1. The summed E-state index contributed by atoms with van der Waals surface area (Å²) >= 11 is 0. The van der Waals surface area contributed by atoms with E-state index in [2.05, 4.69) is 11.9 Å². The molecule has 0 saturated carbocycles. The molecule has 0 aliphatic heterocycles. The lowest BCUT2D eigenvalue weighted by molar-refractivity contribution is 0.135. The fraction of sp³-hybridized carbons (Fsp3) is 0.438. The van der Waals surface area contributed by atoms with E-state index >= 15 is 0 Å². The molecule has 0 aliphatic rings. The topological polar surface area (TPSA) is 58.6 Å². The molecule has 0 unspecified atom stereocenters. The molecule has 0 saturated heterocycles. The van der Waals surface area contributed by atoms with E-state index in [1.807, 2.05) is 30.3 Å². The number of alkyl carbamates (subject to hydrolysis) is 1. The molecule has 1 aromatic carbocycles. The maximum atomic E-state index is 11.7. The van der Waals surface area contributed by atoms with E-state index in [9.17, 15) is 4.79 Å². The van der Waals surface area contributed by atoms with Crippen molar-refractivity contribution in [3.05, 3.63) is 48.6 Å². The molecule has 1 aromatic rings. The molecule has 0 radical (unpaired) electrons. The average molecular weight is 277 g/mol. The molecule has 1 rings (SSSR count). The van der Waals surface area contributed by atoms with Crippen molar-refractivity contribution in [3.8, 4) is 0 Å². The third-order valence-electron chi connectivity index (χ3n) is 2.95. The minimum atomic E-state index is -0.412. The van der Waals surface area contributed by atoms with Crippen molar-refractivity contribution in [2.24, 2.45) is 0 Å². The Labute approximate surface area is 120 Å². The number of hydrogen-bond acceptors (Lipinski definition) is 3. The van der Waals surface area contributed by atoms with Gasteiger partial charge in [-0.05, 0) is 31.2 Å². The maximum absolute atomic E-state index is 11.7. The summed E-state index contributed by atoms with van der Waals surface area (Å²) in [6.07, 6.45) is 4.49. The van der Waals surface area contributed by atoms with Gasteiger partial charge in [0.25, 0.3) is 0 Å². The summed E-state index contributed by atoms with van der Waals surface area (Å²) < 4.78 is 5.18. The molecule has 1 atom stereocenters. The highest BCUT2D eigenvalue weighted by atomic mass is 16.5. The van der Waals surface area contributed by atoms with Crippen LogP contribution in [-0.2, 0) is 11.3 Å². The number of rotatable bonds is 9. The molecular formula is C16H23NO3. The van der Waals surface area contributed by atoms with Gasteiger partial charge in [0.1, 0.15) is 6.61 Å². The quantitative estimate of drug-likeness (QED) is 0.539.